The van der Waals surface area contributed by atoms with Gasteiger partial charge < -0.3 is 9.47 Å². The number of nitrogens with one attached hydrogen (secondary N) is 1. The Morgan fingerprint density at radius 3 is 2.59 bits per heavy atom. The molecule has 0 amide bonds. The van der Waals surface area contributed by atoms with Gasteiger partial charge in [-0.1, -0.05) is 12.6 Å². The van der Waals surface area contributed by atoms with Crippen molar-refractivity contribution < 1.29 is 9.47 Å². The van der Waals surface area contributed by atoms with Gasteiger partial charge in [-0.25, -0.2) is 5.10 Å². The van der Waals surface area contributed by atoms with Crippen LogP contribution < -0.4 is 9.47 Å². The van der Waals surface area contributed by atoms with E-state index in [4.69, 9.17) is 9.47 Å². The molecule has 0 atom stereocenters. The van der Waals surface area contributed by atoms with Crippen LogP contribution in [0.3, 0.4) is 0 Å². The van der Waals surface area contributed by atoms with E-state index in [-0.39, 0.29) is 0 Å². The highest BCUT2D eigenvalue weighted by atomic mass is 16.5. The van der Waals surface area contributed by atoms with Crippen molar-refractivity contribution in [1.29, 1.82) is 0 Å². The first-order valence-corrected chi connectivity index (χ1v) is 4.91. The van der Waals surface area contributed by atoms with Crippen LogP contribution in [0.1, 0.15) is 11.4 Å². The van der Waals surface area contributed by atoms with E-state index >= 15 is 0 Å². The van der Waals surface area contributed by atoms with Gasteiger partial charge in [0.25, 0.3) is 0 Å². The SMILES string of the molecule is C=C(c1ccc(OC)c(OC)c1)c1nnn[nH]1. The predicted molar refractivity (Wildman–Crippen MR) is 61.9 cm³/mol. The van der Waals surface area contributed by atoms with Crippen LogP contribution in [-0.4, -0.2) is 34.8 Å². The van der Waals surface area contributed by atoms with Gasteiger partial charge in [0.15, 0.2) is 17.3 Å². The van der Waals surface area contributed by atoms with Gasteiger partial charge in [0.1, 0.15) is 0 Å². The molecule has 0 unspecified atom stereocenters. The van der Waals surface area contributed by atoms with Crippen LogP contribution in [0.25, 0.3) is 5.57 Å². The van der Waals surface area contributed by atoms with E-state index in [9.17, 15) is 0 Å². The largest absolute Gasteiger partial charge is 0.493 e. The van der Waals surface area contributed by atoms with E-state index in [0.717, 1.165) is 5.56 Å². The van der Waals surface area contributed by atoms with Crippen molar-refractivity contribution in [2.45, 2.75) is 0 Å². The number of aromatic nitrogens is 4. The molecule has 0 spiro atoms. The number of rotatable bonds is 4. The lowest BCUT2D eigenvalue weighted by atomic mass is 10.1. The zero-order chi connectivity index (χ0) is 12.3. The van der Waals surface area contributed by atoms with E-state index in [1.807, 2.05) is 18.2 Å². The molecule has 2 rings (SSSR count). The summed E-state index contributed by atoms with van der Waals surface area (Å²) < 4.78 is 10.4. The fraction of sp³-hybridized carbons (Fsp3) is 0.182. The standard InChI is InChI=1S/C11H12N4O2/c1-7(11-12-14-15-13-11)8-4-5-9(16-2)10(6-8)17-3/h4-6H,1H2,2-3H3,(H,12,13,14,15). The number of ether oxygens (including phenoxy) is 2. The minimum Gasteiger partial charge on any atom is -0.493 e. The number of nitrogens with zero attached hydrogens (tertiary/aromatic N) is 3. The Labute approximate surface area is 98.3 Å². The van der Waals surface area contributed by atoms with Crippen LogP contribution in [0.2, 0.25) is 0 Å². The summed E-state index contributed by atoms with van der Waals surface area (Å²) in [6.07, 6.45) is 0. The molecule has 0 fully saturated rings. The maximum Gasteiger partial charge on any atom is 0.179 e. The number of methoxy groups -OCH3 is 2. The molecule has 6 heteroatoms. The Morgan fingerprint density at radius 2 is 2.00 bits per heavy atom. The molecule has 0 aliphatic rings. The molecule has 88 valence electrons. The van der Waals surface area contributed by atoms with Crippen molar-refractivity contribution in [3.05, 3.63) is 36.2 Å². The molecule has 1 heterocycles. The first-order chi connectivity index (χ1) is 8.26. The highest BCUT2D eigenvalue weighted by Gasteiger charge is 2.10. The highest BCUT2D eigenvalue weighted by molar-refractivity contribution is 5.75. The lowest BCUT2D eigenvalue weighted by Gasteiger charge is -2.09. The first kappa shape index (κ1) is 11.1. The molecule has 0 radical (unpaired) electrons. The minimum absolute atomic E-state index is 0.525. The molecular weight excluding hydrogens is 220 g/mol. The quantitative estimate of drug-likeness (QED) is 0.859. The Kier molecular flexibility index (Phi) is 3.04. The van der Waals surface area contributed by atoms with Gasteiger partial charge in [0.05, 0.1) is 14.2 Å². The molecule has 1 N–H and O–H groups in total. The van der Waals surface area contributed by atoms with Crippen LogP contribution in [0.4, 0.5) is 0 Å². The topological polar surface area (TPSA) is 72.9 Å². The number of benzene rings is 1. The lowest BCUT2D eigenvalue weighted by molar-refractivity contribution is 0.355. The maximum atomic E-state index is 5.22. The fourth-order valence-electron chi connectivity index (χ4n) is 1.45. The predicted octanol–water partition coefficient (Wildman–Crippen LogP) is 1.28. The third kappa shape index (κ3) is 2.10. The summed E-state index contributed by atoms with van der Waals surface area (Å²) in [4.78, 5) is 0. The average Bonchev–Trinajstić information content (AvgIpc) is 2.90. The second-order valence-corrected chi connectivity index (χ2v) is 3.30. The molecule has 0 saturated carbocycles. The number of H-pyrrole nitrogens is 1. The number of tetrazole rings is 1. The van der Waals surface area contributed by atoms with Crippen molar-refractivity contribution in [1.82, 2.24) is 20.6 Å². The Bertz CT molecular complexity index is 522. The molecule has 0 aliphatic heterocycles. The van der Waals surface area contributed by atoms with Gasteiger partial charge in [-0.3, -0.25) is 0 Å². The number of hydrogen-bond acceptors (Lipinski definition) is 5. The second-order valence-electron chi connectivity index (χ2n) is 3.30. The minimum atomic E-state index is 0.525. The van der Waals surface area contributed by atoms with Crippen molar-refractivity contribution in [2.24, 2.45) is 0 Å². The van der Waals surface area contributed by atoms with E-state index < -0.39 is 0 Å². The van der Waals surface area contributed by atoms with Crippen molar-refractivity contribution in [2.75, 3.05) is 14.2 Å². The van der Waals surface area contributed by atoms with Crippen LogP contribution in [-0.2, 0) is 0 Å². The zero-order valence-electron chi connectivity index (χ0n) is 9.60. The van der Waals surface area contributed by atoms with E-state index in [1.165, 1.54) is 0 Å². The van der Waals surface area contributed by atoms with Gasteiger partial charge in [0, 0.05) is 5.57 Å². The maximum absolute atomic E-state index is 5.22. The normalized spacial score (nSPS) is 10.0. The molecule has 2 aromatic rings. The van der Waals surface area contributed by atoms with Crippen LogP contribution in [0.15, 0.2) is 24.8 Å². The van der Waals surface area contributed by atoms with Crippen LogP contribution >= 0.6 is 0 Å². The molecular formula is C11H12N4O2. The summed E-state index contributed by atoms with van der Waals surface area (Å²) >= 11 is 0. The van der Waals surface area contributed by atoms with E-state index in [0.29, 0.717) is 22.9 Å². The van der Waals surface area contributed by atoms with Gasteiger partial charge in [-0.15, -0.1) is 5.10 Å². The zero-order valence-corrected chi connectivity index (χ0v) is 9.60. The summed E-state index contributed by atoms with van der Waals surface area (Å²) in [6.45, 7) is 3.93. The summed E-state index contributed by atoms with van der Waals surface area (Å²) in [5.41, 5.74) is 1.55. The molecule has 0 aliphatic carbocycles. The smallest absolute Gasteiger partial charge is 0.179 e. The van der Waals surface area contributed by atoms with Crippen molar-refractivity contribution in [3.63, 3.8) is 0 Å². The van der Waals surface area contributed by atoms with Crippen LogP contribution in [0, 0.1) is 0 Å². The highest BCUT2D eigenvalue weighted by Crippen LogP contribution is 2.30. The number of aromatic amines is 1. The molecule has 0 bridgehead atoms. The molecule has 17 heavy (non-hydrogen) atoms. The van der Waals surface area contributed by atoms with Gasteiger partial charge >= 0.3 is 0 Å². The summed E-state index contributed by atoms with van der Waals surface area (Å²) in [6, 6.07) is 5.50. The first-order valence-electron chi connectivity index (χ1n) is 4.91. The lowest BCUT2D eigenvalue weighted by Crippen LogP contribution is -1.94. The fourth-order valence-corrected chi connectivity index (χ4v) is 1.45. The molecule has 1 aromatic carbocycles. The Balaban J connectivity index is 2.37. The molecule has 6 nitrogen and oxygen atoms in total. The molecule has 0 saturated heterocycles. The molecule has 1 aromatic heterocycles. The van der Waals surface area contributed by atoms with E-state index in [2.05, 4.69) is 27.2 Å². The van der Waals surface area contributed by atoms with Crippen molar-refractivity contribution in [3.8, 4) is 11.5 Å². The monoisotopic (exact) mass is 232 g/mol. The Hall–Kier alpha value is -2.37. The number of hydrogen-bond donors (Lipinski definition) is 1. The summed E-state index contributed by atoms with van der Waals surface area (Å²) in [7, 11) is 3.17. The second kappa shape index (κ2) is 4.65. The van der Waals surface area contributed by atoms with Crippen LogP contribution in [0.5, 0.6) is 11.5 Å². The third-order valence-corrected chi connectivity index (χ3v) is 2.36. The van der Waals surface area contributed by atoms with Gasteiger partial charge in [0.2, 0.25) is 0 Å². The average molecular weight is 232 g/mol. The van der Waals surface area contributed by atoms with Crippen molar-refractivity contribution >= 4 is 5.57 Å². The summed E-state index contributed by atoms with van der Waals surface area (Å²) in [5.74, 6) is 1.83. The van der Waals surface area contributed by atoms with Gasteiger partial charge in [-0.2, -0.15) is 0 Å². The van der Waals surface area contributed by atoms with E-state index in [1.54, 1.807) is 14.2 Å². The third-order valence-electron chi connectivity index (χ3n) is 2.36. The van der Waals surface area contributed by atoms with Gasteiger partial charge in [-0.05, 0) is 28.1 Å². The Morgan fingerprint density at radius 1 is 1.24 bits per heavy atom. The summed E-state index contributed by atoms with van der Waals surface area (Å²) in [5, 5.41) is 13.5.